The third-order valence-electron chi connectivity index (χ3n) is 4.67. The van der Waals surface area contributed by atoms with Gasteiger partial charge in [0.05, 0.1) is 5.51 Å². The van der Waals surface area contributed by atoms with Crippen LogP contribution >= 0.6 is 11.3 Å². The molecule has 1 fully saturated rings. The molecule has 0 unspecified atom stereocenters. The average molecular weight is 327 g/mol. The van der Waals surface area contributed by atoms with Crippen LogP contribution in [0.25, 0.3) is 21.5 Å². The molecule has 3 aromatic rings. The Morgan fingerprint density at radius 1 is 1.26 bits per heavy atom. The van der Waals surface area contributed by atoms with Crippen LogP contribution in [0.15, 0.2) is 29.8 Å². The largest absolute Gasteiger partial charge is 0.333 e. The number of thiazole rings is 1. The Morgan fingerprint density at radius 2 is 2.13 bits per heavy atom. The van der Waals surface area contributed by atoms with Crippen molar-refractivity contribution in [3.05, 3.63) is 41.3 Å². The minimum atomic E-state index is -0.298. The number of fused-ring (bicyclic) bond motifs is 3. The summed E-state index contributed by atoms with van der Waals surface area (Å²) in [6.07, 6.45) is 2.18. The molecule has 1 saturated carbocycles. The van der Waals surface area contributed by atoms with Gasteiger partial charge in [0, 0.05) is 24.7 Å². The summed E-state index contributed by atoms with van der Waals surface area (Å²) in [6, 6.07) is 6.82. The summed E-state index contributed by atoms with van der Waals surface area (Å²) in [5.74, 6) is -0.239. The van der Waals surface area contributed by atoms with Gasteiger partial charge in [-0.2, -0.15) is 0 Å². The van der Waals surface area contributed by atoms with E-state index in [4.69, 9.17) is 0 Å². The molecule has 0 saturated heterocycles. The van der Waals surface area contributed by atoms with E-state index < -0.39 is 0 Å². The van der Waals surface area contributed by atoms with Gasteiger partial charge in [0.15, 0.2) is 0 Å². The molecule has 5 rings (SSSR count). The van der Waals surface area contributed by atoms with Crippen LogP contribution in [-0.2, 0) is 6.54 Å². The topological polar surface area (TPSA) is 38.1 Å². The van der Waals surface area contributed by atoms with Crippen LogP contribution in [0.2, 0.25) is 0 Å². The first-order chi connectivity index (χ1) is 11.2. The summed E-state index contributed by atoms with van der Waals surface area (Å²) in [5, 5.41) is 0. The van der Waals surface area contributed by atoms with Crippen molar-refractivity contribution < 1.29 is 9.18 Å². The standard InChI is InChI=1S/C17H14FN3OS/c18-11-3-1-2-10(8-11)13-14-17(23-9-19-14)21-7-6-20(12-4-5-12)16(22)15(13)21/h1-3,8-9,12H,4-7H2. The van der Waals surface area contributed by atoms with Crippen molar-refractivity contribution in [2.45, 2.75) is 25.4 Å². The first kappa shape index (κ1) is 13.2. The van der Waals surface area contributed by atoms with Crippen molar-refractivity contribution in [3.8, 4) is 11.1 Å². The summed E-state index contributed by atoms with van der Waals surface area (Å²) in [4.78, 5) is 20.5. The van der Waals surface area contributed by atoms with Gasteiger partial charge in [0.2, 0.25) is 0 Å². The quantitative estimate of drug-likeness (QED) is 0.722. The predicted octanol–water partition coefficient (Wildman–Crippen LogP) is 3.52. The van der Waals surface area contributed by atoms with E-state index in [2.05, 4.69) is 9.55 Å². The number of amides is 1. The second-order valence-electron chi connectivity index (χ2n) is 6.12. The second kappa shape index (κ2) is 4.64. The minimum Gasteiger partial charge on any atom is -0.333 e. The number of hydrogen-bond acceptors (Lipinski definition) is 3. The van der Waals surface area contributed by atoms with E-state index in [1.807, 2.05) is 11.0 Å². The highest BCUT2D eigenvalue weighted by Crippen LogP contribution is 2.40. The molecule has 2 aliphatic rings. The van der Waals surface area contributed by atoms with Gasteiger partial charge in [0.1, 0.15) is 21.9 Å². The number of hydrogen-bond donors (Lipinski definition) is 0. The molecule has 1 aliphatic heterocycles. The number of nitrogens with zero attached hydrogens (tertiary/aromatic N) is 3. The number of carbonyl (C=O) groups excluding carboxylic acids is 1. The molecule has 4 nitrogen and oxygen atoms in total. The Morgan fingerprint density at radius 3 is 2.91 bits per heavy atom. The molecule has 2 aromatic heterocycles. The Hall–Kier alpha value is -2.21. The summed E-state index contributed by atoms with van der Waals surface area (Å²) >= 11 is 1.54. The van der Waals surface area contributed by atoms with E-state index >= 15 is 0 Å². The third kappa shape index (κ3) is 1.88. The third-order valence-corrected chi connectivity index (χ3v) is 5.51. The Labute approximate surface area is 136 Å². The lowest BCUT2D eigenvalue weighted by Crippen LogP contribution is -2.41. The molecule has 6 heteroatoms. The number of carbonyl (C=O) groups is 1. The molecule has 1 amide bonds. The highest BCUT2D eigenvalue weighted by molar-refractivity contribution is 7.16. The smallest absolute Gasteiger partial charge is 0.271 e. The molecular weight excluding hydrogens is 313 g/mol. The first-order valence-corrected chi connectivity index (χ1v) is 8.64. The number of halogens is 1. The van der Waals surface area contributed by atoms with Gasteiger partial charge in [-0.3, -0.25) is 4.79 Å². The van der Waals surface area contributed by atoms with Gasteiger partial charge >= 0.3 is 0 Å². The molecule has 0 bridgehead atoms. The fraction of sp³-hybridized carbons (Fsp3) is 0.294. The number of benzene rings is 1. The molecule has 0 radical (unpaired) electrons. The van der Waals surface area contributed by atoms with Gasteiger partial charge in [-0.15, -0.1) is 11.3 Å². The molecule has 1 aromatic carbocycles. The summed E-state index contributed by atoms with van der Waals surface area (Å²) in [7, 11) is 0. The summed E-state index contributed by atoms with van der Waals surface area (Å²) < 4.78 is 15.8. The van der Waals surface area contributed by atoms with Crippen LogP contribution in [0.1, 0.15) is 23.3 Å². The van der Waals surface area contributed by atoms with Gasteiger partial charge in [-0.1, -0.05) is 12.1 Å². The van der Waals surface area contributed by atoms with Crippen LogP contribution in [0.5, 0.6) is 0 Å². The van der Waals surface area contributed by atoms with Crippen molar-refractivity contribution in [2.75, 3.05) is 6.54 Å². The predicted molar refractivity (Wildman–Crippen MR) is 87.1 cm³/mol. The Bertz CT molecular complexity index is 941. The fourth-order valence-electron chi connectivity index (χ4n) is 3.48. The maximum absolute atomic E-state index is 13.7. The highest BCUT2D eigenvalue weighted by Gasteiger charge is 2.39. The van der Waals surface area contributed by atoms with E-state index in [1.165, 1.54) is 23.5 Å². The lowest BCUT2D eigenvalue weighted by Gasteiger charge is -2.29. The first-order valence-electron chi connectivity index (χ1n) is 7.76. The van der Waals surface area contributed by atoms with Gasteiger partial charge in [-0.05, 0) is 30.5 Å². The minimum absolute atomic E-state index is 0.0585. The van der Waals surface area contributed by atoms with Crippen LogP contribution < -0.4 is 0 Å². The molecule has 0 N–H and O–H groups in total. The maximum atomic E-state index is 13.7. The van der Waals surface area contributed by atoms with Gasteiger partial charge in [0.25, 0.3) is 5.91 Å². The van der Waals surface area contributed by atoms with Crippen LogP contribution in [0.4, 0.5) is 4.39 Å². The zero-order chi connectivity index (χ0) is 15.6. The molecule has 0 atom stereocenters. The number of rotatable bonds is 2. The van der Waals surface area contributed by atoms with E-state index in [0.717, 1.165) is 47.4 Å². The van der Waals surface area contributed by atoms with Crippen LogP contribution in [0.3, 0.4) is 0 Å². The van der Waals surface area contributed by atoms with E-state index in [1.54, 1.807) is 11.6 Å². The molecule has 3 heterocycles. The van der Waals surface area contributed by atoms with E-state index in [0.29, 0.717) is 11.7 Å². The lowest BCUT2D eigenvalue weighted by atomic mass is 10.0. The van der Waals surface area contributed by atoms with Crippen LogP contribution in [0, 0.1) is 5.82 Å². The summed E-state index contributed by atoms with van der Waals surface area (Å²) in [5.41, 5.74) is 4.76. The molecule has 23 heavy (non-hydrogen) atoms. The van der Waals surface area contributed by atoms with Crippen molar-refractivity contribution in [1.29, 1.82) is 0 Å². The van der Waals surface area contributed by atoms with Crippen molar-refractivity contribution in [2.24, 2.45) is 0 Å². The fourth-order valence-corrected chi connectivity index (χ4v) is 4.32. The van der Waals surface area contributed by atoms with Gasteiger partial charge < -0.3 is 9.47 Å². The Balaban J connectivity index is 1.78. The lowest BCUT2D eigenvalue weighted by molar-refractivity contribution is 0.0694. The highest BCUT2D eigenvalue weighted by atomic mass is 32.1. The molecule has 116 valence electrons. The molecule has 0 spiro atoms. The van der Waals surface area contributed by atoms with E-state index in [9.17, 15) is 9.18 Å². The monoisotopic (exact) mass is 327 g/mol. The number of aromatic nitrogens is 2. The second-order valence-corrected chi connectivity index (χ2v) is 6.95. The maximum Gasteiger partial charge on any atom is 0.271 e. The SMILES string of the molecule is O=C1c2c(-c3cccc(F)c3)c3ncsc3n2CCN1C1CC1. The normalized spacial score (nSPS) is 17.8. The van der Waals surface area contributed by atoms with Crippen molar-refractivity contribution in [1.82, 2.24) is 14.5 Å². The van der Waals surface area contributed by atoms with Crippen LogP contribution in [-0.4, -0.2) is 32.9 Å². The Kier molecular flexibility index (Phi) is 2.68. The molecular formula is C17H14FN3OS. The zero-order valence-electron chi connectivity index (χ0n) is 12.3. The summed E-state index contributed by atoms with van der Waals surface area (Å²) in [6.45, 7) is 1.53. The zero-order valence-corrected chi connectivity index (χ0v) is 13.1. The van der Waals surface area contributed by atoms with Crippen molar-refractivity contribution in [3.63, 3.8) is 0 Å². The molecule has 1 aliphatic carbocycles. The average Bonchev–Trinajstić information content (AvgIpc) is 3.17. The van der Waals surface area contributed by atoms with E-state index in [-0.39, 0.29) is 11.7 Å². The van der Waals surface area contributed by atoms with Crippen molar-refractivity contribution >= 4 is 27.6 Å². The van der Waals surface area contributed by atoms with Gasteiger partial charge in [-0.25, -0.2) is 9.37 Å².